The Bertz CT molecular complexity index is 1800. The number of carbonyl (C=O) groups is 1. The summed E-state index contributed by atoms with van der Waals surface area (Å²) in [5, 5.41) is 9.55. The van der Waals surface area contributed by atoms with E-state index in [-0.39, 0.29) is 11.5 Å². The molecule has 2 aromatic heterocycles. The van der Waals surface area contributed by atoms with Gasteiger partial charge in [0.05, 0.1) is 32.3 Å². The van der Waals surface area contributed by atoms with Crippen LogP contribution in [0.15, 0.2) is 48.9 Å². The first-order valence-corrected chi connectivity index (χ1v) is 18.4. The van der Waals surface area contributed by atoms with Crippen molar-refractivity contribution in [2.45, 2.75) is 57.0 Å². The fourth-order valence-electron chi connectivity index (χ4n) is 8.49. The van der Waals surface area contributed by atoms with Crippen molar-refractivity contribution in [3.63, 3.8) is 0 Å². The molecular weight excluding hydrogens is 652 g/mol. The topological polar surface area (TPSA) is 101 Å². The van der Waals surface area contributed by atoms with Crippen LogP contribution in [0.2, 0.25) is 5.02 Å². The summed E-state index contributed by atoms with van der Waals surface area (Å²) >= 11 is 6.43. The van der Waals surface area contributed by atoms with Crippen molar-refractivity contribution in [3.05, 3.63) is 70.6 Å². The molecule has 266 valence electrons. The zero-order chi connectivity index (χ0) is 34.7. The molecule has 1 amide bonds. The van der Waals surface area contributed by atoms with Crippen LogP contribution in [0.3, 0.4) is 0 Å². The van der Waals surface area contributed by atoms with Crippen molar-refractivity contribution in [1.82, 2.24) is 34.9 Å². The number of hydrogen-bond acceptors (Lipinski definition) is 9. The fraction of sp³-hybridized carbons (Fsp3) is 0.526. The van der Waals surface area contributed by atoms with Crippen molar-refractivity contribution in [2.24, 2.45) is 5.92 Å². The lowest BCUT2D eigenvalue weighted by molar-refractivity contribution is -0.138. The van der Waals surface area contributed by atoms with Gasteiger partial charge < -0.3 is 24.6 Å². The first-order chi connectivity index (χ1) is 24.5. The van der Waals surface area contributed by atoms with Gasteiger partial charge in [0.25, 0.3) is 0 Å². The summed E-state index contributed by atoms with van der Waals surface area (Å²) in [6.07, 6.45) is 10.5. The molecule has 4 heterocycles. The molecule has 7 rings (SSSR count). The number of ether oxygens (including phenoxy) is 2. The first-order valence-electron chi connectivity index (χ1n) is 18.0. The van der Waals surface area contributed by atoms with E-state index in [1.54, 1.807) is 20.5 Å². The number of amides is 1. The van der Waals surface area contributed by atoms with Gasteiger partial charge in [-0.05, 0) is 100.0 Å². The highest BCUT2D eigenvalue weighted by atomic mass is 35.5. The van der Waals surface area contributed by atoms with E-state index in [1.165, 1.54) is 11.1 Å². The standard InChI is InChI=1S/C38H49ClN8O3/c1-40-15-6-7-16-46-17-12-28-22-33(49-2)34(50-3)23-31(28)38(46)13-10-27(11-14-38)37(48)45-20-18-44(19-21-45)35-30-24-43-47(36(30)42-26-41-35)25-29-8-4-5-9-32(29)39/h4-5,8-9,22-24,26-27,40H,6-7,10-21,25H2,1-3H3/t27-,38+. The van der Waals surface area contributed by atoms with Crippen LogP contribution < -0.4 is 19.7 Å². The van der Waals surface area contributed by atoms with Gasteiger partial charge in [-0.3, -0.25) is 9.69 Å². The van der Waals surface area contributed by atoms with Crippen LogP contribution in [0.4, 0.5) is 5.82 Å². The number of carbonyl (C=O) groups excluding carboxylic acids is 1. The van der Waals surface area contributed by atoms with E-state index in [9.17, 15) is 4.79 Å². The minimum absolute atomic E-state index is 0.0395. The number of anilines is 1. The van der Waals surface area contributed by atoms with Gasteiger partial charge in [-0.2, -0.15) is 5.10 Å². The van der Waals surface area contributed by atoms with Gasteiger partial charge in [-0.1, -0.05) is 29.8 Å². The molecule has 0 unspecified atom stereocenters. The average Bonchev–Trinajstić information content (AvgIpc) is 3.57. The van der Waals surface area contributed by atoms with E-state index in [0.29, 0.717) is 30.6 Å². The molecule has 1 aliphatic carbocycles. The second-order valence-electron chi connectivity index (χ2n) is 13.9. The molecule has 1 spiro atoms. The Morgan fingerprint density at radius 3 is 2.50 bits per heavy atom. The Morgan fingerprint density at radius 2 is 1.76 bits per heavy atom. The Hall–Kier alpha value is -3.93. The van der Waals surface area contributed by atoms with E-state index in [1.807, 2.05) is 42.2 Å². The zero-order valence-electron chi connectivity index (χ0n) is 29.5. The first kappa shape index (κ1) is 34.5. The Labute approximate surface area is 299 Å². The maximum absolute atomic E-state index is 14.0. The third kappa shape index (κ3) is 6.63. The van der Waals surface area contributed by atoms with E-state index in [0.717, 1.165) is 112 Å². The lowest BCUT2D eigenvalue weighted by Gasteiger charge is -2.52. The molecule has 0 radical (unpaired) electrons. The summed E-state index contributed by atoms with van der Waals surface area (Å²) in [6, 6.07) is 12.2. The lowest BCUT2D eigenvalue weighted by atomic mass is 9.68. The molecule has 50 heavy (non-hydrogen) atoms. The molecule has 0 bridgehead atoms. The maximum atomic E-state index is 14.0. The SMILES string of the molecule is CNCCCCN1CCc2cc(OC)c(OC)cc2[C@]12CC[C@H](C(=O)N1CCN(c3ncnc4c3cnn4Cc3ccccc3Cl)CC1)CC2. The summed E-state index contributed by atoms with van der Waals surface area (Å²) in [6.45, 7) is 6.45. The van der Waals surface area contributed by atoms with Gasteiger partial charge in [0.15, 0.2) is 17.1 Å². The van der Waals surface area contributed by atoms with Crippen LogP contribution in [-0.4, -0.2) is 103 Å². The number of aromatic nitrogens is 4. The minimum Gasteiger partial charge on any atom is -0.493 e. The second-order valence-corrected chi connectivity index (χ2v) is 14.3. The summed E-state index contributed by atoms with van der Waals surface area (Å²) in [5.41, 5.74) is 4.40. The van der Waals surface area contributed by atoms with Gasteiger partial charge in [-0.25, -0.2) is 14.6 Å². The number of fused-ring (bicyclic) bond motifs is 3. The van der Waals surface area contributed by atoms with Gasteiger partial charge in [0, 0.05) is 49.2 Å². The predicted molar refractivity (Wildman–Crippen MR) is 196 cm³/mol. The maximum Gasteiger partial charge on any atom is 0.225 e. The number of methoxy groups -OCH3 is 2. The van der Waals surface area contributed by atoms with Crippen LogP contribution in [0.25, 0.3) is 11.0 Å². The molecule has 0 atom stereocenters. The fourth-order valence-corrected chi connectivity index (χ4v) is 8.69. The Balaban J connectivity index is 1.02. The molecule has 2 aliphatic heterocycles. The summed E-state index contributed by atoms with van der Waals surface area (Å²) in [4.78, 5) is 30.3. The van der Waals surface area contributed by atoms with Gasteiger partial charge in [0.1, 0.15) is 12.1 Å². The number of hydrogen-bond donors (Lipinski definition) is 1. The Morgan fingerprint density at radius 1 is 1.00 bits per heavy atom. The largest absolute Gasteiger partial charge is 0.493 e. The Kier molecular flexibility index (Phi) is 10.4. The van der Waals surface area contributed by atoms with Crippen LogP contribution in [0, 0.1) is 5.92 Å². The number of nitrogens with zero attached hydrogens (tertiary/aromatic N) is 7. The van der Waals surface area contributed by atoms with Crippen molar-refractivity contribution in [3.8, 4) is 11.5 Å². The van der Waals surface area contributed by atoms with Gasteiger partial charge in [0.2, 0.25) is 5.91 Å². The molecule has 3 aliphatic rings. The molecule has 11 nitrogen and oxygen atoms in total. The molecule has 4 aromatic rings. The highest BCUT2D eigenvalue weighted by Gasteiger charge is 2.47. The smallest absolute Gasteiger partial charge is 0.225 e. The molecule has 2 fully saturated rings. The molecule has 1 saturated carbocycles. The summed E-state index contributed by atoms with van der Waals surface area (Å²) < 4.78 is 13.3. The normalized spacial score (nSPS) is 21.1. The predicted octanol–water partition coefficient (Wildman–Crippen LogP) is 5.14. The van der Waals surface area contributed by atoms with E-state index in [2.05, 4.69) is 47.2 Å². The van der Waals surface area contributed by atoms with Crippen molar-refractivity contribution >= 4 is 34.4 Å². The number of benzene rings is 2. The van der Waals surface area contributed by atoms with Crippen LogP contribution in [0.5, 0.6) is 11.5 Å². The third-order valence-corrected chi connectivity index (χ3v) is 11.6. The zero-order valence-corrected chi connectivity index (χ0v) is 30.3. The van der Waals surface area contributed by atoms with Crippen molar-refractivity contribution < 1.29 is 14.3 Å². The molecule has 12 heteroatoms. The average molecular weight is 701 g/mol. The molecular formula is C38H49ClN8O3. The second kappa shape index (κ2) is 15.1. The van der Waals surface area contributed by atoms with Crippen LogP contribution >= 0.6 is 11.6 Å². The van der Waals surface area contributed by atoms with E-state index >= 15 is 0 Å². The third-order valence-electron chi connectivity index (χ3n) is 11.2. The van der Waals surface area contributed by atoms with E-state index in [4.69, 9.17) is 21.1 Å². The van der Waals surface area contributed by atoms with E-state index < -0.39 is 0 Å². The molecule has 2 aromatic carbocycles. The summed E-state index contributed by atoms with van der Waals surface area (Å²) in [7, 11) is 5.44. The number of nitrogens with one attached hydrogen (secondary N) is 1. The number of halogens is 1. The monoisotopic (exact) mass is 700 g/mol. The van der Waals surface area contributed by atoms with Gasteiger partial charge in [-0.15, -0.1) is 0 Å². The highest BCUT2D eigenvalue weighted by molar-refractivity contribution is 6.31. The summed E-state index contributed by atoms with van der Waals surface area (Å²) in [5.74, 6) is 2.78. The highest BCUT2D eigenvalue weighted by Crippen LogP contribution is 2.50. The van der Waals surface area contributed by atoms with Crippen LogP contribution in [0.1, 0.15) is 55.2 Å². The molecule has 1 saturated heterocycles. The van der Waals surface area contributed by atoms with Crippen molar-refractivity contribution in [2.75, 3.05) is 72.0 Å². The molecule has 1 N–H and O–H groups in total. The minimum atomic E-state index is -0.0864. The van der Waals surface area contributed by atoms with Crippen LogP contribution in [-0.2, 0) is 23.3 Å². The quantitative estimate of drug-likeness (QED) is 0.213. The van der Waals surface area contributed by atoms with Gasteiger partial charge >= 0.3 is 0 Å². The van der Waals surface area contributed by atoms with Crippen molar-refractivity contribution in [1.29, 1.82) is 0 Å². The number of piperazine rings is 1. The lowest BCUT2D eigenvalue weighted by Crippen LogP contribution is -2.55. The number of unbranched alkanes of at least 4 members (excludes halogenated alkanes) is 1. The number of rotatable bonds is 11.